The number of primary amides is 1. The van der Waals surface area contributed by atoms with Gasteiger partial charge in [-0.2, -0.15) is 13.2 Å². The van der Waals surface area contributed by atoms with E-state index in [2.05, 4.69) is 0 Å². The smallest absolute Gasteiger partial charge is 0.371 e. The Balaban J connectivity index is 1.71. The largest absolute Gasteiger partial charge is 0.416 e. The number of hydrogen-bond acceptors (Lipinski definition) is 3. The Morgan fingerprint density at radius 2 is 1.89 bits per heavy atom. The highest BCUT2D eigenvalue weighted by Gasteiger charge is 2.31. The molecule has 1 aliphatic rings. The quantitative estimate of drug-likeness (QED) is 0.824. The van der Waals surface area contributed by atoms with Gasteiger partial charge in [-0.15, -0.1) is 0 Å². The van der Waals surface area contributed by atoms with Crippen molar-refractivity contribution in [2.24, 2.45) is 5.73 Å². The number of halogens is 4. The van der Waals surface area contributed by atoms with Crippen LogP contribution >= 0.6 is 0 Å². The fourth-order valence-electron chi connectivity index (χ4n) is 3.07. The minimum atomic E-state index is -4.59. The van der Waals surface area contributed by atoms with Crippen molar-refractivity contribution >= 4 is 5.91 Å². The zero-order valence-corrected chi connectivity index (χ0v) is 14.3. The van der Waals surface area contributed by atoms with E-state index in [1.54, 1.807) is 24.3 Å². The molecule has 1 aliphatic heterocycles. The molecule has 0 saturated carbocycles. The molecule has 144 valence electrons. The number of alkyl halides is 3. The molecule has 2 aromatic carbocycles. The Morgan fingerprint density at radius 3 is 2.52 bits per heavy atom. The second-order valence-corrected chi connectivity index (χ2v) is 6.43. The van der Waals surface area contributed by atoms with Crippen LogP contribution in [-0.2, 0) is 17.5 Å². The molecule has 1 amide bonds. The second kappa shape index (κ2) is 7.66. The number of carbonyl (C=O) groups is 1. The Kier molecular flexibility index (Phi) is 5.48. The lowest BCUT2D eigenvalue weighted by molar-refractivity contribution is -0.137. The van der Waals surface area contributed by atoms with Crippen LogP contribution in [-0.4, -0.2) is 30.5 Å². The molecule has 27 heavy (non-hydrogen) atoms. The van der Waals surface area contributed by atoms with Gasteiger partial charge in [0.25, 0.3) is 0 Å². The number of hydrogen-bond donors (Lipinski definition) is 1. The molecule has 0 spiro atoms. The van der Waals surface area contributed by atoms with Gasteiger partial charge in [0.15, 0.2) is 0 Å². The van der Waals surface area contributed by atoms with Crippen LogP contribution in [0.4, 0.5) is 17.6 Å². The molecule has 8 heteroatoms. The number of benzene rings is 2. The van der Waals surface area contributed by atoms with Crippen molar-refractivity contribution in [3.63, 3.8) is 0 Å². The summed E-state index contributed by atoms with van der Waals surface area (Å²) in [6.45, 7) is 1.53. The first-order valence-corrected chi connectivity index (χ1v) is 8.33. The van der Waals surface area contributed by atoms with Gasteiger partial charge in [0.1, 0.15) is 5.82 Å². The minimum Gasteiger partial charge on any atom is -0.371 e. The van der Waals surface area contributed by atoms with Crippen LogP contribution in [0.2, 0.25) is 0 Å². The van der Waals surface area contributed by atoms with Crippen molar-refractivity contribution in [2.45, 2.75) is 18.8 Å². The van der Waals surface area contributed by atoms with Crippen LogP contribution in [0.1, 0.15) is 33.2 Å². The van der Waals surface area contributed by atoms with E-state index in [-0.39, 0.29) is 18.2 Å². The first kappa shape index (κ1) is 19.3. The van der Waals surface area contributed by atoms with Crippen LogP contribution in [0.15, 0.2) is 42.5 Å². The molecule has 1 atom stereocenters. The van der Waals surface area contributed by atoms with Crippen LogP contribution in [0.25, 0.3) is 0 Å². The molecule has 1 saturated heterocycles. The molecule has 0 radical (unpaired) electrons. The van der Waals surface area contributed by atoms with E-state index in [1.807, 2.05) is 4.90 Å². The normalized spacial score (nSPS) is 18.4. The maximum Gasteiger partial charge on any atom is 0.416 e. The summed E-state index contributed by atoms with van der Waals surface area (Å²) >= 11 is 0. The van der Waals surface area contributed by atoms with Crippen molar-refractivity contribution in [3.05, 3.63) is 70.5 Å². The van der Waals surface area contributed by atoms with Crippen LogP contribution in [0.3, 0.4) is 0 Å². The molecule has 2 aromatic rings. The maximum absolute atomic E-state index is 13.6. The number of morpholine rings is 1. The molecule has 0 bridgehead atoms. The summed E-state index contributed by atoms with van der Waals surface area (Å²) in [6, 6.07) is 9.24. The molecular weight excluding hydrogens is 364 g/mol. The average molecular weight is 382 g/mol. The predicted molar refractivity (Wildman–Crippen MR) is 90.3 cm³/mol. The number of nitrogens with zero attached hydrogens (tertiary/aromatic N) is 1. The first-order valence-electron chi connectivity index (χ1n) is 8.33. The van der Waals surface area contributed by atoms with Gasteiger partial charge >= 0.3 is 6.18 Å². The third-order valence-corrected chi connectivity index (χ3v) is 4.41. The summed E-state index contributed by atoms with van der Waals surface area (Å²) < 4.78 is 57.9. The van der Waals surface area contributed by atoms with Gasteiger partial charge < -0.3 is 10.5 Å². The fourth-order valence-corrected chi connectivity index (χ4v) is 3.07. The van der Waals surface area contributed by atoms with Gasteiger partial charge in [-0.05, 0) is 41.5 Å². The van der Waals surface area contributed by atoms with E-state index in [0.29, 0.717) is 31.3 Å². The second-order valence-electron chi connectivity index (χ2n) is 6.43. The van der Waals surface area contributed by atoms with Crippen molar-refractivity contribution in [2.75, 3.05) is 19.7 Å². The van der Waals surface area contributed by atoms with Gasteiger partial charge in [0.05, 0.1) is 18.3 Å². The summed E-state index contributed by atoms with van der Waals surface area (Å²) in [7, 11) is 0. The predicted octanol–water partition coefficient (Wildman–Crippen LogP) is 3.52. The van der Waals surface area contributed by atoms with Gasteiger partial charge in [-0.25, -0.2) is 4.39 Å². The Labute approximate surface area is 153 Å². The van der Waals surface area contributed by atoms with Gasteiger partial charge in [-0.1, -0.05) is 12.1 Å². The highest BCUT2D eigenvalue weighted by atomic mass is 19.4. The van der Waals surface area contributed by atoms with E-state index in [1.165, 1.54) is 0 Å². The highest BCUT2D eigenvalue weighted by Crippen LogP contribution is 2.31. The summed E-state index contributed by atoms with van der Waals surface area (Å²) in [6.07, 6.45) is -4.89. The SMILES string of the molecule is NC(=O)c1ccc([C@H]2CN(Cc3cc(F)cc(C(F)(F)F)c3)CCO2)cc1. The van der Waals surface area contributed by atoms with Crippen LogP contribution in [0.5, 0.6) is 0 Å². The summed E-state index contributed by atoms with van der Waals surface area (Å²) in [5, 5.41) is 0. The number of carbonyl (C=O) groups excluding carboxylic acids is 1. The van der Waals surface area contributed by atoms with E-state index in [9.17, 15) is 22.4 Å². The standard InChI is InChI=1S/C19H18F4N2O2/c20-16-8-12(7-15(9-16)19(21,22)23)10-25-5-6-27-17(11-25)13-1-3-14(4-2-13)18(24)26/h1-4,7-9,17H,5-6,10-11H2,(H2,24,26)/t17-/m1/s1. The van der Waals surface area contributed by atoms with Crippen LogP contribution < -0.4 is 5.73 Å². The number of amides is 1. The average Bonchev–Trinajstić information content (AvgIpc) is 2.61. The van der Waals surface area contributed by atoms with E-state index in [0.717, 1.165) is 17.7 Å². The van der Waals surface area contributed by atoms with Crippen LogP contribution in [0, 0.1) is 5.82 Å². The lowest BCUT2D eigenvalue weighted by Crippen LogP contribution is -2.37. The Morgan fingerprint density at radius 1 is 1.19 bits per heavy atom. The van der Waals surface area contributed by atoms with Crippen molar-refractivity contribution in [1.82, 2.24) is 4.90 Å². The lowest BCUT2D eigenvalue weighted by Gasteiger charge is -2.33. The molecule has 3 rings (SSSR count). The Hall–Kier alpha value is -2.45. The highest BCUT2D eigenvalue weighted by molar-refractivity contribution is 5.92. The third-order valence-electron chi connectivity index (χ3n) is 4.41. The van der Waals surface area contributed by atoms with E-state index < -0.39 is 23.5 Å². The van der Waals surface area contributed by atoms with Gasteiger partial charge in [0.2, 0.25) is 5.91 Å². The third kappa shape index (κ3) is 4.84. The van der Waals surface area contributed by atoms with E-state index >= 15 is 0 Å². The molecule has 2 N–H and O–H groups in total. The van der Waals surface area contributed by atoms with Crippen molar-refractivity contribution in [3.8, 4) is 0 Å². The summed E-state index contributed by atoms with van der Waals surface area (Å²) in [5.41, 5.74) is 5.69. The maximum atomic E-state index is 13.6. The first-order chi connectivity index (χ1) is 12.7. The zero-order chi connectivity index (χ0) is 19.6. The number of ether oxygens (including phenoxy) is 1. The Bertz CT molecular complexity index is 821. The van der Waals surface area contributed by atoms with Gasteiger partial charge in [-0.3, -0.25) is 9.69 Å². The molecule has 4 nitrogen and oxygen atoms in total. The zero-order valence-electron chi connectivity index (χ0n) is 14.3. The van der Waals surface area contributed by atoms with Crippen molar-refractivity contribution < 1.29 is 27.1 Å². The molecular formula is C19H18F4N2O2. The summed E-state index contributed by atoms with van der Waals surface area (Å²) in [4.78, 5) is 13.0. The molecule has 0 aromatic heterocycles. The van der Waals surface area contributed by atoms with Crippen molar-refractivity contribution in [1.29, 1.82) is 0 Å². The number of nitrogens with two attached hydrogens (primary N) is 1. The minimum absolute atomic E-state index is 0.181. The molecule has 1 fully saturated rings. The molecule has 0 aliphatic carbocycles. The summed E-state index contributed by atoms with van der Waals surface area (Å²) in [5.74, 6) is -1.44. The molecule has 0 unspecified atom stereocenters. The molecule has 1 heterocycles. The lowest BCUT2D eigenvalue weighted by atomic mass is 10.0. The topological polar surface area (TPSA) is 55.6 Å². The van der Waals surface area contributed by atoms with E-state index in [4.69, 9.17) is 10.5 Å². The van der Waals surface area contributed by atoms with Gasteiger partial charge in [0, 0.05) is 25.2 Å². The monoisotopic (exact) mass is 382 g/mol. The fraction of sp³-hybridized carbons (Fsp3) is 0.316. The number of rotatable bonds is 4.